The number of nitrogens with zero attached hydrogens (tertiary/aromatic N) is 1. The largest absolute Gasteiger partial charge is 0.448 e. The second kappa shape index (κ2) is 9.34. The molecule has 0 spiro atoms. The minimum Gasteiger partial charge on any atom is -0.448 e. The first-order chi connectivity index (χ1) is 13.6. The van der Waals surface area contributed by atoms with E-state index >= 15 is 0 Å². The van der Waals surface area contributed by atoms with Gasteiger partial charge >= 0.3 is 5.97 Å². The molecule has 1 saturated heterocycles. The molecule has 2 atom stereocenters. The van der Waals surface area contributed by atoms with E-state index in [0.29, 0.717) is 16.8 Å². The number of amides is 1. The molecular weight excluding hydrogens is 476 g/mol. The third-order valence-corrected chi connectivity index (χ3v) is 6.91. The van der Waals surface area contributed by atoms with Gasteiger partial charge < -0.3 is 10.5 Å². The lowest BCUT2D eigenvalue weighted by Gasteiger charge is -2.48. The monoisotopic (exact) mass is 494 g/mol. The maximum atomic E-state index is 13.2. The summed E-state index contributed by atoms with van der Waals surface area (Å²) in [5.41, 5.74) is 8.82. The predicted molar refractivity (Wildman–Crippen MR) is 120 cm³/mol. The van der Waals surface area contributed by atoms with Crippen molar-refractivity contribution in [3.8, 4) is 0 Å². The Bertz CT molecular complexity index is 887. The van der Waals surface area contributed by atoms with Crippen LogP contribution in [0.5, 0.6) is 0 Å². The Morgan fingerprint density at radius 2 is 1.69 bits per heavy atom. The van der Waals surface area contributed by atoms with Crippen LogP contribution in [0.1, 0.15) is 17.2 Å². The van der Waals surface area contributed by atoms with E-state index in [1.807, 2.05) is 60.7 Å². The van der Waals surface area contributed by atoms with Gasteiger partial charge in [-0.1, -0.05) is 76.6 Å². The summed E-state index contributed by atoms with van der Waals surface area (Å²) in [6, 6.07) is 18.6. The number of ether oxygens (including phenoxy) is 1. The van der Waals surface area contributed by atoms with Crippen LogP contribution >= 0.6 is 40.1 Å². The first-order valence-corrected chi connectivity index (χ1v) is 11.1. The average Bonchev–Trinajstić information content (AvgIpc) is 2.76. The van der Waals surface area contributed by atoms with Gasteiger partial charge in [-0.2, -0.15) is 0 Å². The molecule has 2 aromatic rings. The molecule has 2 aliphatic rings. The minimum absolute atomic E-state index is 0. The fraction of sp³-hybridized carbons (Fsp3) is 0.238. The molecule has 5 nitrogen and oxygen atoms in total. The molecule has 29 heavy (non-hydrogen) atoms. The van der Waals surface area contributed by atoms with Crippen molar-refractivity contribution >= 4 is 52.0 Å². The van der Waals surface area contributed by atoms with Crippen LogP contribution in [0.3, 0.4) is 0 Å². The van der Waals surface area contributed by atoms with Crippen LogP contribution in [-0.4, -0.2) is 39.3 Å². The Kier molecular flexibility index (Phi) is 7.05. The molecule has 0 radical (unpaired) electrons. The Labute approximate surface area is 188 Å². The molecule has 0 saturated carbocycles. The van der Waals surface area contributed by atoms with Gasteiger partial charge in [0.25, 0.3) is 0 Å². The van der Waals surface area contributed by atoms with Crippen LogP contribution < -0.4 is 5.73 Å². The van der Waals surface area contributed by atoms with Crippen LogP contribution in [0.25, 0.3) is 0 Å². The van der Waals surface area contributed by atoms with E-state index in [9.17, 15) is 9.59 Å². The smallest absolute Gasteiger partial charge is 0.356 e. The van der Waals surface area contributed by atoms with E-state index in [1.165, 1.54) is 4.90 Å². The molecule has 2 aromatic carbocycles. The first kappa shape index (κ1) is 21.9. The molecule has 152 valence electrons. The fourth-order valence-corrected chi connectivity index (χ4v) is 5.44. The number of β-lactam (4-membered cyclic amide) rings is 1. The van der Waals surface area contributed by atoms with E-state index in [1.54, 1.807) is 11.8 Å². The molecule has 4 rings (SSSR count). The molecule has 0 bridgehead atoms. The van der Waals surface area contributed by atoms with Gasteiger partial charge in [0.1, 0.15) is 17.1 Å². The number of thioether (sulfide) groups is 1. The summed E-state index contributed by atoms with van der Waals surface area (Å²) in [7, 11) is 0. The van der Waals surface area contributed by atoms with Crippen molar-refractivity contribution in [3.05, 3.63) is 83.1 Å². The molecule has 0 aliphatic carbocycles. The third-order valence-electron chi connectivity index (χ3n) is 4.87. The lowest BCUT2D eigenvalue weighted by atomic mass is 10.0. The maximum absolute atomic E-state index is 13.2. The number of rotatable bonds is 5. The quantitative estimate of drug-likeness (QED) is 0.390. The zero-order valence-electron chi connectivity index (χ0n) is 15.4. The zero-order chi connectivity index (χ0) is 19.7. The molecular formula is C21H20BrClN2O3S. The molecule has 2 N–H and O–H groups in total. The Balaban J connectivity index is 0.00000240. The second-order valence-corrected chi connectivity index (χ2v) is 8.29. The van der Waals surface area contributed by atoms with Crippen LogP contribution in [0.4, 0.5) is 0 Å². The predicted octanol–water partition coefficient (Wildman–Crippen LogP) is 3.63. The van der Waals surface area contributed by atoms with Gasteiger partial charge in [-0.3, -0.25) is 9.69 Å². The highest BCUT2D eigenvalue weighted by atomic mass is 79.9. The van der Waals surface area contributed by atoms with Crippen molar-refractivity contribution in [2.24, 2.45) is 5.73 Å². The maximum Gasteiger partial charge on any atom is 0.356 e. The first-order valence-electron chi connectivity index (χ1n) is 8.91. The molecule has 0 unspecified atom stereocenters. The number of fused-ring (bicyclic) bond motifs is 1. The Morgan fingerprint density at radius 1 is 1.14 bits per heavy atom. The summed E-state index contributed by atoms with van der Waals surface area (Å²) in [5, 5.41) is 0.294. The fourth-order valence-electron chi connectivity index (χ4n) is 3.42. The summed E-state index contributed by atoms with van der Waals surface area (Å²) >= 11 is 5.01. The third kappa shape index (κ3) is 4.10. The highest BCUT2D eigenvalue weighted by molar-refractivity contribution is 9.09. The number of halogens is 2. The van der Waals surface area contributed by atoms with E-state index in [-0.39, 0.29) is 23.7 Å². The summed E-state index contributed by atoms with van der Waals surface area (Å²) in [6.45, 7) is 0. The number of hydrogen-bond donors (Lipinski definition) is 1. The molecule has 1 amide bonds. The number of benzene rings is 2. The number of carbonyl (C=O) groups is 2. The summed E-state index contributed by atoms with van der Waals surface area (Å²) in [5.74, 6) is -0.101. The molecule has 0 aromatic heterocycles. The SMILES string of the molecule is Cl.N[C@@H]1C(=O)N2C(C(=O)OC(c3ccccc3)c3ccccc3)=C(CBr)CS[C@H]12. The van der Waals surface area contributed by atoms with Crippen LogP contribution in [0.15, 0.2) is 71.9 Å². The molecule has 8 heteroatoms. The lowest BCUT2D eigenvalue weighted by molar-refractivity contribution is -0.153. The number of carbonyl (C=O) groups excluding carboxylic acids is 2. The van der Waals surface area contributed by atoms with E-state index in [0.717, 1.165) is 16.7 Å². The summed E-state index contributed by atoms with van der Waals surface area (Å²) in [6.07, 6.45) is -0.558. The topological polar surface area (TPSA) is 72.6 Å². The molecule has 2 heterocycles. The standard InChI is InChI=1S/C21H19BrN2O3S.ClH/c22-11-15-12-28-20-16(23)19(25)24(20)17(15)21(26)27-18(13-7-3-1-4-8-13)14-9-5-2-6-10-14;/h1-10,16,18,20H,11-12,23H2;1H/t16-,20-;/m1./s1. The Hall–Kier alpha value is -1.80. The normalized spacial score (nSPS) is 20.7. The van der Waals surface area contributed by atoms with Gasteiger partial charge in [0.2, 0.25) is 5.91 Å². The molecule has 2 aliphatic heterocycles. The van der Waals surface area contributed by atoms with Crippen molar-refractivity contribution in [1.82, 2.24) is 4.90 Å². The van der Waals surface area contributed by atoms with E-state index in [2.05, 4.69) is 15.9 Å². The van der Waals surface area contributed by atoms with Gasteiger partial charge in [-0.05, 0) is 16.7 Å². The second-order valence-electron chi connectivity index (χ2n) is 6.63. The van der Waals surface area contributed by atoms with Crippen LogP contribution in [0, 0.1) is 0 Å². The summed E-state index contributed by atoms with van der Waals surface area (Å²) in [4.78, 5) is 27.0. The number of esters is 1. The van der Waals surface area contributed by atoms with Gasteiger partial charge in [0, 0.05) is 11.1 Å². The number of alkyl halides is 1. The van der Waals surface area contributed by atoms with Gasteiger partial charge in [-0.25, -0.2) is 4.79 Å². The lowest BCUT2D eigenvalue weighted by Crippen LogP contribution is -2.68. The zero-order valence-corrected chi connectivity index (χ0v) is 18.6. The van der Waals surface area contributed by atoms with Crippen molar-refractivity contribution in [2.45, 2.75) is 17.5 Å². The average molecular weight is 496 g/mol. The van der Waals surface area contributed by atoms with Crippen molar-refractivity contribution in [1.29, 1.82) is 0 Å². The number of hydrogen-bond acceptors (Lipinski definition) is 5. The van der Waals surface area contributed by atoms with Crippen molar-refractivity contribution < 1.29 is 14.3 Å². The van der Waals surface area contributed by atoms with Gasteiger partial charge in [-0.15, -0.1) is 24.2 Å². The Morgan fingerprint density at radius 3 is 2.21 bits per heavy atom. The van der Waals surface area contributed by atoms with Gasteiger partial charge in [0.05, 0.1) is 0 Å². The van der Waals surface area contributed by atoms with E-state index < -0.39 is 18.1 Å². The summed E-state index contributed by atoms with van der Waals surface area (Å²) < 4.78 is 5.97. The molecule has 1 fully saturated rings. The highest BCUT2D eigenvalue weighted by Gasteiger charge is 2.52. The minimum atomic E-state index is -0.566. The number of nitrogens with two attached hydrogens (primary N) is 1. The van der Waals surface area contributed by atoms with Crippen molar-refractivity contribution in [2.75, 3.05) is 11.1 Å². The van der Waals surface area contributed by atoms with Crippen molar-refractivity contribution in [3.63, 3.8) is 0 Å². The van der Waals surface area contributed by atoms with E-state index in [4.69, 9.17) is 10.5 Å². The van der Waals surface area contributed by atoms with Crippen LogP contribution in [0.2, 0.25) is 0 Å². The highest BCUT2D eigenvalue weighted by Crippen LogP contribution is 2.41. The van der Waals surface area contributed by atoms with Gasteiger partial charge in [0.15, 0.2) is 6.10 Å². The van der Waals surface area contributed by atoms with Crippen LogP contribution in [-0.2, 0) is 14.3 Å².